The molecule has 0 radical (unpaired) electrons. The number of fused-ring (bicyclic) bond motifs is 1. The van der Waals surface area contributed by atoms with E-state index >= 15 is 0 Å². The molecule has 1 atom stereocenters. The molecule has 1 fully saturated rings. The zero-order chi connectivity index (χ0) is 13.5. The maximum absolute atomic E-state index is 10.4. The summed E-state index contributed by atoms with van der Waals surface area (Å²) in [6.45, 7) is 0. The number of benzene rings is 1. The van der Waals surface area contributed by atoms with Crippen molar-refractivity contribution in [3.63, 3.8) is 0 Å². The van der Waals surface area contributed by atoms with Crippen LogP contribution in [-0.2, 0) is 4.74 Å². The topological polar surface area (TPSA) is 38.7 Å². The average Bonchev–Trinajstić information content (AvgIpc) is 2.39. The second-order valence-corrected chi connectivity index (χ2v) is 6.54. The summed E-state index contributed by atoms with van der Waals surface area (Å²) in [5.41, 5.74) is 0.699. The molecule has 1 aromatic rings. The van der Waals surface area contributed by atoms with Crippen molar-refractivity contribution in [3.8, 4) is 5.75 Å². The van der Waals surface area contributed by atoms with Crippen LogP contribution in [0.4, 0.5) is 0 Å². The maximum Gasteiger partial charge on any atom is 0.127 e. The highest BCUT2D eigenvalue weighted by Crippen LogP contribution is 2.46. The fourth-order valence-electron chi connectivity index (χ4n) is 3.27. The van der Waals surface area contributed by atoms with Gasteiger partial charge in [0.05, 0.1) is 12.2 Å². The Kier molecular flexibility index (Phi) is 3.58. The number of ether oxygens (including phenoxy) is 2. The SMILES string of the molecule is COC1CCC2(CC1)C[C@H](O)c1ccc(Br)cc1O2. The number of halogens is 1. The van der Waals surface area contributed by atoms with E-state index in [9.17, 15) is 5.11 Å². The van der Waals surface area contributed by atoms with Crippen molar-refractivity contribution < 1.29 is 14.6 Å². The molecular weight excluding hydrogens is 308 g/mol. The van der Waals surface area contributed by atoms with Gasteiger partial charge in [0, 0.05) is 23.6 Å². The third-order valence-electron chi connectivity index (χ3n) is 4.40. The monoisotopic (exact) mass is 326 g/mol. The molecule has 1 aliphatic heterocycles. The molecule has 1 N–H and O–H groups in total. The standard InChI is InChI=1S/C15H19BrO3/c1-18-11-4-6-15(7-5-11)9-13(17)12-3-2-10(16)8-14(12)19-15/h2-3,8,11,13,17H,4-7,9H2,1H3/t11?,13-,15?/m0/s1. The molecule has 0 saturated heterocycles. The summed E-state index contributed by atoms with van der Waals surface area (Å²) in [6.07, 6.45) is 4.53. The van der Waals surface area contributed by atoms with E-state index in [0.717, 1.165) is 41.5 Å². The maximum atomic E-state index is 10.4. The van der Waals surface area contributed by atoms with E-state index < -0.39 is 6.10 Å². The molecule has 0 bridgehead atoms. The highest BCUT2D eigenvalue weighted by Gasteiger charge is 2.43. The van der Waals surface area contributed by atoms with Crippen LogP contribution in [0, 0.1) is 0 Å². The van der Waals surface area contributed by atoms with Crippen molar-refractivity contribution in [1.82, 2.24) is 0 Å². The lowest BCUT2D eigenvalue weighted by Crippen LogP contribution is -2.45. The van der Waals surface area contributed by atoms with Crippen molar-refractivity contribution in [2.75, 3.05) is 7.11 Å². The first-order valence-corrected chi connectivity index (χ1v) is 7.60. The molecule has 104 valence electrons. The largest absolute Gasteiger partial charge is 0.487 e. The van der Waals surface area contributed by atoms with Crippen molar-refractivity contribution in [2.24, 2.45) is 0 Å². The van der Waals surface area contributed by atoms with Gasteiger partial charge in [-0.3, -0.25) is 0 Å². The second-order valence-electron chi connectivity index (χ2n) is 5.62. The van der Waals surface area contributed by atoms with Gasteiger partial charge in [0.15, 0.2) is 0 Å². The summed E-state index contributed by atoms with van der Waals surface area (Å²) >= 11 is 3.46. The van der Waals surface area contributed by atoms with E-state index in [1.54, 1.807) is 7.11 Å². The first kappa shape index (κ1) is 13.4. The van der Waals surface area contributed by atoms with E-state index in [0.29, 0.717) is 12.5 Å². The molecule has 3 nitrogen and oxygen atoms in total. The van der Waals surface area contributed by atoms with Gasteiger partial charge in [0.25, 0.3) is 0 Å². The van der Waals surface area contributed by atoms with Gasteiger partial charge in [-0.15, -0.1) is 0 Å². The Labute approximate surface area is 122 Å². The molecule has 1 heterocycles. The molecule has 4 heteroatoms. The van der Waals surface area contributed by atoms with Crippen molar-refractivity contribution >= 4 is 15.9 Å². The summed E-state index contributed by atoms with van der Waals surface area (Å²) in [4.78, 5) is 0. The molecule has 2 aliphatic rings. The average molecular weight is 327 g/mol. The Bertz CT molecular complexity index is 466. The molecule has 0 aromatic heterocycles. The van der Waals surface area contributed by atoms with Gasteiger partial charge in [-0.1, -0.05) is 22.0 Å². The molecule has 3 rings (SSSR count). The number of aliphatic hydroxyl groups excluding tert-OH is 1. The lowest BCUT2D eigenvalue weighted by Gasteiger charge is -2.44. The Morgan fingerprint density at radius 3 is 2.79 bits per heavy atom. The Balaban J connectivity index is 1.84. The normalized spacial score (nSPS) is 33.8. The van der Waals surface area contributed by atoms with Gasteiger partial charge in [0.2, 0.25) is 0 Å². The quantitative estimate of drug-likeness (QED) is 0.857. The smallest absolute Gasteiger partial charge is 0.127 e. The zero-order valence-electron chi connectivity index (χ0n) is 11.1. The van der Waals surface area contributed by atoms with Crippen LogP contribution >= 0.6 is 15.9 Å². The third-order valence-corrected chi connectivity index (χ3v) is 4.90. The van der Waals surface area contributed by atoms with Gasteiger partial charge in [-0.2, -0.15) is 0 Å². The van der Waals surface area contributed by atoms with Crippen molar-refractivity contribution in [1.29, 1.82) is 0 Å². The number of rotatable bonds is 1. The number of aliphatic hydroxyl groups is 1. The summed E-state index contributed by atoms with van der Waals surface area (Å²) in [5, 5.41) is 10.4. The summed E-state index contributed by atoms with van der Waals surface area (Å²) in [6, 6.07) is 5.85. The van der Waals surface area contributed by atoms with Crippen LogP contribution in [0.5, 0.6) is 5.75 Å². The highest BCUT2D eigenvalue weighted by molar-refractivity contribution is 9.10. The third kappa shape index (κ3) is 2.54. The van der Waals surface area contributed by atoms with Gasteiger partial charge in [0.1, 0.15) is 11.4 Å². The number of hydrogen-bond acceptors (Lipinski definition) is 3. The van der Waals surface area contributed by atoms with Crippen LogP contribution in [0.15, 0.2) is 22.7 Å². The minimum absolute atomic E-state index is 0.206. The van der Waals surface area contributed by atoms with E-state index in [1.807, 2.05) is 18.2 Å². The predicted molar refractivity (Wildman–Crippen MR) is 76.3 cm³/mol. The number of methoxy groups -OCH3 is 1. The Morgan fingerprint density at radius 2 is 2.11 bits per heavy atom. The Hall–Kier alpha value is -0.580. The van der Waals surface area contributed by atoms with Crippen LogP contribution in [0.2, 0.25) is 0 Å². The first-order valence-electron chi connectivity index (χ1n) is 6.81. The fourth-order valence-corrected chi connectivity index (χ4v) is 3.61. The van der Waals surface area contributed by atoms with Gasteiger partial charge in [-0.05, 0) is 37.8 Å². The molecular formula is C15H19BrO3. The minimum atomic E-state index is -0.420. The van der Waals surface area contributed by atoms with Crippen molar-refractivity contribution in [3.05, 3.63) is 28.2 Å². The van der Waals surface area contributed by atoms with Crippen LogP contribution in [0.1, 0.15) is 43.8 Å². The van der Waals surface area contributed by atoms with Crippen LogP contribution in [0.25, 0.3) is 0 Å². The Morgan fingerprint density at radius 1 is 1.37 bits per heavy atom. The molecule has 1 aromatic carbocycles. The van der Waals surface area contributed by atoms with Gasteiger partial charge >= 0.3 is 0 Å². The fraction of sp³-hybridized carbons (Fsp3) is 0.600. The van der Waals surface area contributed by atoms with Gasteiger partial charge in [-0.25, -0.2) is 0 Å². The van der Waals surface area contributed by atoms with E-state index in [4.69, 9.17) is 9.47 Å². The summed E-state index contributed by atoms with van der Waals surface area (Å²) in [7, 11) is 1.77. The van der Waals surface area contributed by atoms with Crippen LogP contribution in [-0.4, -0.2) is 23.9 Å². The second kappa shape index (κ2) is 5.08. The highest BCUT2D eigenvalue weighted by atomic mass is 79.9. The molecule has 1 saturated carbocycles. The van der Waals surface area contributed by atoms with Crippen LogP contribution < -0.4 is 4.74 Å². The van der Waals surface area contributed by atoms with Crippen molar-refractivity contribution in [2.45, 2.75) is 49.9 Å². The zero-order valence-corrected chi connectivity index (χ0v) is 12.6. The molecule has 0 unspecified atom stereocenters. The number of hydrogen-bond donors (Lipinski definition) is 1. The molecule has 19 heavy (non-hydrogen) atoms. The van der Waals surface area contributed by atoms with E-state index in [1.165, 1.54) is 0 Å². The molecule has 0 amide bonds. The minimum Gasteiger partial charge on any atom is -0.487 e. The van der Waals surface area contributed by atoms with Gasteiger partial charge < -0.3 is 14.6 Å². The first-order chi connectivity index (χ1) is 9.12. The lowest BCUT2D eigenvalue weighted by atomic mass is 9.77. The summed E-state index contributed by atoms with van der Waals surface area (Å²) in [5.74, 6) is 0.823. The molecule has 1 aliphatic carbocycles. The molecule has 1 spiro atoms. The lowest BCUT2D eigenvalue weighted by molar-refractivity contribution is -0.0672. The van der Waals surface area contributed by atoms with Crippen LogP contribution in [0.3, 0.4) is 0 Å². The van der Waals surface area contributed by atoms with E-state index in [-0.39, 0.29) is 5.60 Å². The predicted octanol–water partition coefficient (Wildman–Crippen LogP) is 3.59. The van der Waals surface area contributed by atoms with E-state index in [2.05, 4.69) is 15.9 Å². The summed E-state index contributed by atoms with van der Waals surface area (Å²) < 4.78 is 12.7.